The van der Waals surface area contributed by atoms with Crippen molar-refractivity contribution in [1.82, 2.24) is 15.2 Å². The number of hydrogen-bond donors (Lipinski definition) is 2. The molecule has 0 aliphatic heterocycles. The number of fused-ring (bicyclic) bond motifs is 1. The summed E-state index contributed by atoms with van der Waals surface area (Å²) in [6.45, 7) is 1.41. The SMILES string of the molecule is CC(=O)Nc1ccc2[nH]nc(-c3cccc(F)c3)c2n1. The molecule has 0 bridgehead atoms. The number of amides is 1. The van der Waals surface area contributed by atoms with E-state index in [9.17, 15) is 9.18 Å². The molecule has 2 heterocycles. The summed E-state index contributed by atoms with van der Waals surface area (Å²) in [4.78, 5) is 15.4. The van der Waals surface area contributed by atoms with Crippen molar-refractivity contribution < 1.29 is 9.18 Å². The van der Waals surface area contributed by atoms with Crippen LogP contribution in [0.4, 0.5) is 10.2 Å². The Morgan fingerprint density at radius 2 is 2.15 bits per heavy atom. The highest BCUT2D eigenvalue weighted by atomic mass is 19.1. The Morgan fingerprint density at radius 3 is 2.90 bits per heavy atom. The molecule has 2 aromatic heterocycles. The second-order valence-electron chi connectivity index (χ2n) is 4.36. The fourth-order valence-corrected chi connectivity index (χ4v) is 1.99. The van der Waals surface area contributed by atoms with E-state index >= 15 is 0 Å². The molecule has 0 spiro atoms. The number of nitrogens with zero attached hydrogens (tertiary/aromatic N) is 2. The summed E-state index contributed by atoms with van der Waals surface area (Å²) >= 11 is 0. The normalized spacial score (nSPS) is 10.7. The zero-order valence-electron chi connectivity index (χ0n) is 10.6. The van der Waals surface area contributed by atoms with E-state index in [1.54, 1.807) is 24.3 Å². The molecule has 0 radical (unpaired) electrons. The zero-order valence-corrected chi connectivity index (χ0v) is 10.6. The van der Waals surface area contributed by atoms with Gasteiger partial charge in [0.05, 0.1) is 5.52 Å². The molecular formula is C14H11FN4O. The number of nitrogens with one attached hydrogen (secondary N) is 2. The summed E-state index contributed by atoms with van der Waals surface area (Å²) in [7, 11) is 0. The minimum atomic E-state index is -0.336. The maximum Gasteiger partial charge on any atom is 0.222 e. The van der Waals surface area contributed by atoms with Gasteiger partial charge in [-0.15, -0.1) is 0 Å². The van der Waals surface area contributed by atoms with Crippen LogP contribution < -0.4 is 5.32 Å². The first-order valence-electron chi connectivity index (χ1n) is 6.02. The third-order valence-corrected chi connectivity index (χ3v) is 2.81. The summed E-state index contributed by atoms with van der Waals surface area (Å²) in [6, 6.07) is 9.58. The number of carbonyl (C=O) groups excluding carboxylic acids is 1. The number of benzene rings is 1. The predicted octanol–water partition coefficient (Wildman–Crippen LogP) is 2.72. The molecule has 0 saturated heterocycles. The quantitative estimate of drug-likeness (QED) is 0.752. The fraction of sp³-hybridized carbons (Fsp3) is 0.0714. The monoisotopic (exact) mass is 270 g/mol. The zero-order chi connectivity index (χ0) is 14.1. The molecule has 3 aromatic rings. The summed E-state index contributed by atoms with van der Waals surface area (Å²) < 4.78 is 13.3. The van der Waals surface area contributed by atoms with Crippen molar-refractivity contribution in [2.45, 2.75) is 6.92 Å². The largest absolute Gasteiger partial charge is 0.311 e. The third kappa shape index (κ3) is 2.23. The topological polar surface area (TPSA) is 70.7 Å². The molecule has 20 heavy (non-hydrogen) atoms. The van der Waals surface area contributed by atoms with Crippen molar-refractivity contribution in [2.75, 3.05) is 5.32 Å². The number of pyridine rings is 1. The molecule has 1 aromatic carbocycles. The van der Waals surface area contributed by atoms with Gasteiger partial charge in [-0.05, 0) is 24.3 Å². The predicted molar refractivity (Wildman–Crippen MR) is 73.6 cm³/mol. The van der Waals surface area contributed by atoms with E-state index in [0.717, 1.165) is 5.52 Å². The Balaban J connectivity index is 2.14. The molecule has 100 valence electrons. The van der Waals surface area contributed by atoms with E-state index in [4.69, 9.17) is 0 Å². The number of aromatic nitrogens is 3. The number of aromatic amines is 1. The molecule has 0 fully saturated rings. The van der Waals surface area contributed by atoms with Crippen molar-refractivity contribution >= 4 is 22.8 Å². The van der Waals surface area contributed by atoms with Crippen LogP contribution in [0.2, 0.25) is 0 Å². The van der Waals surface area contributed by atoms with Crippen molar-refractivity contribution in [2.24, 2.45) is 0 Å². The van der Waals surface area contributed by atoms with Crippen LogP contribution >= 0.6 is 0 Å². The van der Waals surface area contributed by atoms with Crippen LogP contribution in [-0.4, -0.2) is 21.1 Å². The molecule has 0 atom stereocenters. The highest BCUT2D eigenvalue weighted by Crippen LogP contribution is 2.26. The van der Waals surface area contributed by atoms with Crippen molar-refractivity contribution in [1.29, 1.82) is 0 Å². The van der Waals surface area contributed by atoms with Crippen LogP contribution in [0.25, 0.3) is 22.3 Å². The molecule has 0 unspecified atom stereocenters. The van der Waals surface area contributed by atoms with Crippen LogP contribution in [0.3, 0.4) is 0 Å². The standard InChI is InChI=1S/C14H11FN4O/c1-8(20)16-12-6-5-11-14(17-12)13(19-18-11)9-3-2-4-10(15)7-9/h2-7H,1H3,(H,18,19)(H,16,17,20). The van der Waals surface area contributed by atoms with E-state index in [2.05, 4.69) is 20.5 Å². The average molecular weight is 270 g/mol. The number of carbonyl (C=O) groups is 1. The lowest BCUT2D eigenvalue weighted by atomic mass is 10.1. The number of anilines is 1. The molecule has 2 N–H and O–H groups in total. The molecular weight excluding hydrogens is 259 g/mol. The van der Waals surface area contributed by atoms with Crippen molar-refractivity contribution in [3.8, 4) is 11.3 Å². The molecule has 1 amide bonds. The van der Waals surface area contributed by atoms with Crippen molar-refractivity contribution in [3.63, 3.8) is 0 Å². The number of rotatable bonds is 2. The highest BCUT2D eigenvalue weighted by molar-refractivity contribution is 5.93. The van der Waals surface area contributed by atoms with Gasteiger partial charge in [0.1, 0.15) is 22.8 Å². The van der Waals surface area contributed by atoms with Crippen LogP contribution in [0.1, 0.15) is 6.92 Å². The van der Waals surface area contributed by atoms with Crippen LogP contribution in [0.15, 0.2) is 36.4 Å². The van der Waals surface area contributed by atoms with Crippen LogP contribution in [0, 0.1) is 5.82 Å². The van der Waals surface area contributed by atoms with Crippen LogP contribution in [-0.2, 0) is 4.79 Å². The molecule has 0 saturated carbocycles. The molecule has 3 rings (SSSR count). The Labute approximate surface area is 113 Å². The third-order valence-electron chi connectivity index (χ3n) is 2.81. The van der Waals surface area contributed by atoms with Gasteiger partial charge in [-0.1, -0.05) is 12.1 Å². The van der Waals surface area contributed by atoms with Gasteiger partial charge in [-0.25, -0.2) is 9.37 Å². The first-order chi connectivity index (χ1) is 9.63. The Kier molecular flexibility index (Phi) is 2.90. The van der Waals surface area contributed by atoms with Gasteiger partial charge in [0.15, 0.2) is 0 Å². The van der Waals surface area contributed by atoms with Gasteiger partial charge >= 0.3 is 0 Å². The minimum absolute atomic E-state index is 0.201. The van der Waals surface area contributed by atoms with Gasteiger partial charge in [0.2, 0.25) is 5.91 Å². The second-order valence-corrected chi connectivity index (χ2v) is 4.36. The van der Waals surface area contributed by atoms with Crippen LogP contribution in [0.5, 0.6) is 0 Å². The van der Waals surface area contributed by atoms with E-state index in [-0.39, 0.29) is 11.7 Å². The van der Waals surface area contributed by atoms with E-state index in [0.29, 0.717) is 22.6 Å². The average Bonchev–Trinajstić information content (AvgIpc) is 2.81. The fourth-order valence-electron chi connectivity index (χ4n) is 1.99. The smallest absolute Gasteiger partial charge is 0.222 e. The Bertz CT molecular complexity index is 797. The Morgan fingerprint density at radius 1 is 1.30 bits per heavy atom. The molecule has 0 aliphatic carbocycles. The van der Waals surface area contributed by atoms with E-state index in [1.807, 2.05) is 0 Å². The maximum absolute atomic E-state index is 13.3. The Hall–Kier alpha value is -2.76. The lowest BCUT2D eigenvalue weighted by molar-refractivity contribution is -0.114. The first-order valence-corrected chi connectivity index (χ1v) is 6.02. The summed E-state index contributed by atoms with van der Waals surface area (Å²) in [5, 5.41) is 9.61. The lowest BCUT2D eigenvalue weighted by Crippen LogP contribution is -2.07. The van der Waals surface area contributed by atoms with Gasteiger partial charge in [0, 0.05) is 12.5 Å². The van der Waals surface area contributed by atoms with E-state index < -0.39 is 0 Å². The summed E-state index contributed by atoms with van der Waals surface area (Å²) in [5.41, 5.74) is 2.48. The number of halogens is 1. The number of hydrogen-bond acceptors (Lipinski definition) is 3. The number of H-pyrrole nitrogens is 1. The molecule has 0 aliphatic rings. The van der Waals surface area contributed by atoms with Gasteiger partial charge in [-0.3, -0.25) is 9.89 Å². The summed E-state index contributed by atoms with van der Waals surface area (Å²) in [6.07, 6.45) is 0. The molecule has 5 nitrogen and oxygen atoms in total. The lowest BCUT2D eigenvalue weighted by Gasteiger charge is -2.02. The van der Waals surface area contributed by atoms with E-state index in [1.165, 1.54) is 19.1 Å². The second kappa shape index (κ2) is 4.73. The first kappa shape index (κ1) is 12.3. The van der Waals surface area contributed by atoms with Gasteiger partial charge < -0.3 is 5.32 Å². The van der Waals surface area contributed by atoms with Crippen molar-refractivity contribution in [3.05, 3.63) is 42.2 Å². The maximum atomic E-state index is 13.3. The molecule has 6 heteroatoms. The minimum Gasteiger partial charge on any atom is -0.311 e. The van der Waals surface area contributed by atoms with Gasteiger partial charge in [-0.2, -0.15) is 5.10 Å². The van der Waals surface area contributed by atoms with Gasteiger partial charge in [0.25, 0.3) is 0 Å². The summed E-state index contributed by atoms with van der Waals surface area (Å²) in [5.74, 6) is -0.103. The highest BCUT2D eigenvalue weighted by Gasteiger charge is 2.11.